The number of hydrogen-bond acceptors (Lipinski definition) is 3. The first-order valence-electron chi connectivity index (χ1n) is 3.98. The van der Waals surface area contributed by atoms with Gasteiger partial charge in [0.05, 0.1) is 5.52 Å². The van der Waals surface area contributed by atoms with E-state index in [1.807, 2.05) is 0 Å². The third-order valence-electron chi connectivity index (χ3n) is 1.88. The molecule has 15 heavy (non-hydrogen) atoms. The highest BCUT2D eigenvalue weighted by Gasteiger charge is 2.13. The minimum atomic E-state index is -4.75. The number of nitrogens with zero attached hydrogens (tertiary/aromatic N) is 1. The van der Waals surface area contributed by atoms with Gasteiger partial charge in [0, 0.05) is 10.4 Å². The van der Waals surface area contributed by atoms with Gasteiger partial charge < -0.3 is 0 Å². The summed E-state index contributed by atoms with van der Waals surface area (Å²) >= 11 is 5.73. The molecule has 0 saturated carbocycles. The van der Waals surface area contributed by atoms with Crippen molar-refractivity contribution in [3.8, 4) is 0 Å². The van der Waals surface area contributed by atoms with Crippen LogP contribution in [0.15, 0.2) is 35.4 Å². The molecule has 0 saturated heterocycles. The Kier molecular flexibility index (Phi) is 2.36. The Morgan fingerprint density at radius 3 is 2.60 bits per heavy atom. The lowest BCUT2D eigenvalue weighted by Crippen LogP contribution is -1.95. The van der Waals surface area contributed by atoms with E-state index in [2.05, 4.69) is 4.98 Å². The number of benzene rings is 1. The highest BCUT2D eigenvalue weighted by Crippen LogP contribution is 2.20. The molecule has 0 amide bonds. The second-order valence-electron chi connectivity index (χ2n) is 2.92. The summed E-state index contributed by atoms with van der Waals surface area (Å²) < 4.78 is 33.8. The highest BCUT2D eigenvalue weighted by atomic mass is 35.5. The van der Waals surface area contributed by atoms with Gasteiger partial charge in [-0.05, 0) is 30.3 Å². The molecule has 78 valence electrons. The molecule has 0 N–H and O–H groups in total. The molecule has 2 rings (SSSR count). The fourth-order valence-electron chi connectivity index (χ4n) is 1.21. The Morgan fingerprint density at radius 2 is 1.93 bits per heavy atom. The van der Waals surface area contributed by atoms with Gasteiger partial charge in [-0.1, -0.05) is 15.5 Å². The molecule has 0 spiro atoms. The number of aromatic nitrogens is 1. The summed E-state index contributed by atoms with van der Waals surface area (Å²) in [6, 6.07) is 7.28. The zero-order chi connectivity index (χ0) is 11.1. The van der Waals surface area contributed by atoms with Crippen molar-refractivity contribution in [2.75, 3.05) is 0 Å². The Labute approximate surface area is 90.7 Å². The number of rotatable bonds is 1. The van der Waals surface area contributed by atoms with E-state index in [4.69, 9.17) is 11.6 Å². The number of pyridine rings is 1. The molecule has 0 atom stereocenters. The van der Waals surface area contributed by atoms with Crippen LogP contribution in [-0.2, 0) is 10.2 Å². The van der Waals surface area contributed by atoms with E-state index in [-0.39, 0.29) is 0 Å². The molecule has 1 aromatic heterocycles. The van der Waals surface area contributed by atoms with Crippen LogP contribution in [0.5, 0.6) is 0 Å². The predicted molar refractivity (Wildman–Crippen MR) is 55.0 cm³/mol. The van der Waals surface area contributed by atoms with Gasteiger partial charge in [-0.3, -0.25) is 0 Å². The molecule has 3 nitrogen and oxygen atoms in total. The second-order valence-corrected chi connectivity index (χ2v) is 4.65. The predicted octanol–water partition coefficient (Wildman–Crippen LogP) is 2.55. The van der Waals surface area contributed by atoms with Crippen molar-refractivity contribution in [3.05, 3.63) is 35.4 Å². The molecular formula is C9H5ClFNO2S. The normalized spacial score (nSPS) is 11.9. The third kappa shape index (κ3) is 2.08. The van der Waals surface area contributed by atoms with Crippen LogP contribution in [0.25, 0.3) is 10.9 Å². The highest BCUT2D eigenvalue weighted by molar-refractivity contribution is 7.86. The first kappa shape index (κ1) is 10.3. The number of hydrogen-bond donors (Lipinski definition) is 0. The summed E-state index contributed by atoms with van der Waals surface area (Å²) in [5, 5.41) is 0.590. The Balaban J connectivity index is 2.73. The van der Waals surface area contributed by atoms with Gasteiger partial charge >= 0.3 is 10.2 Å². The largest absolute Gasteiger partial charge is 0.349 e. The van der Waals surface area contributed by atoms with Crippen LogP contribution < -0.4 is 0 Å². The summed E-state index contributed by atoms with van der Waals surface area (Å²) in [5.41, 5.74) is 0.387. The molecule has 0 fully saturated rings. The second kappa shape index (κ2) is 3.43. The van der Waals surface area contributed by atoms with E-state index >= 15 is 0 Å². The summed E-state index contributed by atoms with van der Waals surface area (Å²) in [5.74, 6) is 0. The van der Waals surface area contributed by atoms with Crippen molar-refractivity contribution in [1.82, 2.24) is 4.98 Å². The average Bonchev–Trinajstić information content (AvgIpc) is 2.15. The molecule has 0 bridgehead atoms. The Hall–Kier alpha value is -1.20. The molecule has 1 heterocycles. The zero-order valence-electron chi connectivity index (χ0n) is 7.31. The lowest BCUT2D eigenvalue weighted by atomic mass is 10.2. The van der Waals surface area contributed by atoms with Crippen LogP contribution in [0.3, 0.4) is 0 Å². The van der Waals surface area contributed by atoms with Gasteiger partial charge in [0.2, 0.25) is 0 Å². The molecular weight excluding hydrogens is 241 g/mol. The third-order valence-corrected chi connectivity index (χ3v) is 2.84. The SMILES string of the molecule is O=S(=O)(F)c1ccc2cc(Cl)ccc2n1. The molecule has 1 aromatic carbocycles. The first-order valence-corrected chi connectivity index (χ1v) is 5.74. The quantitative estimate of drug-likeness (QED) is 0.726. The molecule has 0 aliphatic rings. The summed E-state index contributed by atoms with van der Waals surface area (Å²) in [7, 11) is -4.75. The fourth-order valence-corrected chi connectivity index (χ4v) is 1.83. The number of fused-ring (bicyclic) bond motifs is 1. The average molecular weight is 246 g/mol. The van der Waals surface area contributed by atoms with E-state index in [0.717, 1.165) is 6.07 Å². The minimum Gasteiger partial charge on any atom is -0.234 e. The Bertz CT molecular complexity index is 627. The van der Waals surface area contributed by atoms with E-state index in [0.29, 0.717) is 15.9 Å². The lowest BCUT2D eigenvalue weighted by molar-refractivity contribution is 0.548. The maximum atomic E-state index is 12.6. The first-order chi connectivity index (χ1) is 6.97. The van der Waals surface area contributed by atoms with E-state index in [9.17, 15) is 12.3 Å². The molecule has 0 aliphatic heterocycles. The van der Waals surface area contributed by atoms with E-state index < -0.39 is 15.2 Å². The maximum absolute atomic E-state index is 12.6. The smallest absolute Gasteiger partial charge is 0.234 e. The van der Waals surface area contributed by atoms with Crippen molar-refractivity contribution < 1.29 is 12.3 Å². The monoisotopic (exact) mass is 245 g/mol. The van der Waals surface area contributed by atoms with Gasteiger partial charge in [0.25, 0.3) is 0 Å². The van der Waals surface area contributed by atoms with Crippen molar-refractivity contribution >= 4 is 32.7 Å². The van der Waals surface area contributed by atoms with Crippen molar-refractivity contribution in [3.63, 3.8) is 0 Å². The van der Waals surface area contributed by atoms with Gasteiger partial charge in [-0.25, -0.2) is 4.98 Å². The van der Waals surface area contributed by atoms with Crippen LogP contribution in [0.4, 0.5) is 3.89 Å². The number of halogens is 2. The fraction of sp³-hybridized carbons (Fsp3) is 0. The van der Waals surface area contributed by atoms with E-state index in [1.165, 1.54) is 12.1 Å². The maximum Gasteiger partial charge on any atom is 0.349 e. The van der Waals surface area contributed by atoms with Gasteiger partial charge in [-0.2, -0.15) is 8.42 Å². The zero-order valence-corrected chi connectivity index (χ0v) is 8.89. The topological polar surface area (TPSA) is 47.0 Å². The van der Waals surface area contributed by atoms with Crippen LogP contribution in [0.2, 0.25) is 5.02 Å². The minimum absolute atomic E-state index is 0.387. The van der Waals surface area contributed by atoms with Gasteiger partial charge in [0.15, 0.2) is 5.03 Å². The summed E-state index contributed by atoms with van der Waals surface area (Å²) in [6.45, 7) is 0. The summed E-state index contributed by atoms with van der Waals surface area (Å²) in [4.78, 5) is 3.67. The van der Waals surface area contributed by atoms with Crippen LogP contribution in [0, 0.1) is 0 Å². The van der Waals surface area contributed by atoms with Crippen LogP contribution in [0.1, 0.15) is 0 Å². The lowest BCUT2D eigenvalue weighted by Gasteiger charge is -1.99. The van der Waals surface area contributed by atoms with Crippen LogP contribution >= 0.6 is 11.6 Å². The molecule has 6 heteroatoms. The summed E-state index contributed by atoms with van der Waals surface area (Å²) in [6.07, 6.45) is 0. The Morgan fingerprint density at radius 1 is 1.20 bits per heavy atom. The standard InChI is InChI=1S/C9H5ClFNO2S/c10-7-2-3-8-6(5-7)1-4-9(12-8)15(11,13)14/h1-5H. The van der Waals surface area contributed by atoms with Crippen molar-refractivity contribution in [2.45, 2.75) is 5.03 Å². The van der Waals surface area contributed by atoms with Crippen molar-refractivity contribution in [1.29, 1.82) is 0 Å². The van der Waals surface area contributed by atoms with Gasteiger partial charge in [0.1, 0.15) is 0 Å². The molecule has 0 unspecified atom stereocenters. The van der Waals surface area contributed by atoms with Gasteiger partial charge in [-0.15, -0.1) is 0 Å². The molecule has 0 radical (unpaired) electrons. The van der Waals surface area contributed by atoms with Crippen molar-refractivity contribution in [2.24, 2.45) is 0 Å². The van der Waals surface area contributed by atoms with Crippen LogP contribution in [-0.4, -0.2) is 13.4 Å². The molecule has 0 aliphatic carbocycles. The van der Waals surface area contributed by atoms with E-state index in [1.54, 1.807) is 12.1 Å². The molecule has 2 aromatic rings.